The summed E-state index contributed by atoms with van der Waals surface area (Å²) in [7, 11) is 0. The number of carboxylic acid groups (broad SMARTS) is 1. The van der Waals surface area contributed by atoms with Crippen molar-refractivity contribution in [3.8, 4) is 5.75 Å². The standard InChI is InChI=1S/C21H28N2O5/c1-3-28-19-7-5-4-6-15(19)18(22-13(2)24)10-20(25)23-11-16(14-8-9-14)17(12-23)21(26)27/h4-7,14,16-18H,3,8-12H2,1-2H3,(H,22,24)(H,26,27)/t16-,17+,18?/m1/s1. The number of nitrogens with one attached hydrogen (secondary N) is 1. The van der Waals surface area contributed by atoms with Gasteiger partial charge in [-0.25, -0.2) is 0 Å². The summed E-state index contributed by atoms with van der Waals surface area (Å²) >= 11 is 0. The summed E-state index contributed by atoms with van der Waals surface area (Å²) in [6, 6.07) is 6.83. The number of likely N-dealkylation sites (tertiary alicyclic amines) is 1. The van der Waals surface area contributed by atoms with Gasteiger partial charge in [-0.1, -0.05) is 18.2 Å². The molecule has 0 radical (unpaired) electrons. The van der Waals surface area contributed by atoms with E-state index in [9.17, 15) is 19.5 Å². The molecule has 1 heterocycles. The van der Waals surface area contributed by atoms with E-state index in [-0.39, 0.29) is 30.7 Å². The average molecular weight is 388 g/mol. The fraction of sp³-hybridized carbons (Fsp3) is 0.571. The minimum atomic E-state index is -0.827. The molecule has 3 rings (SSSR count). The van der Waals surface area contributed by atoms with Gasteiger partial charge in [-0.2, -0.15) is 0 Å². The number of hydrogen-bond donors (Lipinski definition) is 2. The molecule has 152 valence electrons. The molecule has 1 saturated heterocycles. The highest BCUT2D eigenvalue weighted by Crippen LogP contribution is 2.44. The summed E-state index contributed by atoms with van der Waals surface area (Å²) in [5.74, 6) is -0.597. The van der Waals surface area contributed by atoms with Crippen LogP contribution in [0, 0.1) is 17.8 Å². The third kappa shape index (κ3) is 4.64. The largest absolute Gasteiger partial charge is 0.494 e. The highest BCUT2D eigenvalue weighted by Gasteiger charge is 2.47. The second-order valence-electron chi connectivity index (χ2n) is 7.67. The van der Waals surface area contributed by atoms with E-state index in [2.05, 4.69) is 5.32 Å². The number of carbonyl (C=O) groups excluding carboxylic acids is 2. The van der Waals surface area contributed by atoms with Gasteiger partial charge in [0, 0.05) is 25.6 Å². The van der Waals surface area contributed by atoms with E-state index < -0.39 is 17.9 Å². The monoisotopic (exact) mass is 388 g/mol. The lowest BCUT2D eigenvalue weighted by atomic mass is 9.92. The smallest absolute Gasteiger partial charge is 0.308 e. The number of carbonyl (C=O) groups is 3. The lowest BCUT2D eigenvalue weighted by Crippen LogP contribution is -2.35. The van der Waals surface area contributed by atoms with E-state index in [1.165, 1.54) is 6.92 Å². The van der Waals surface area contributed by atoms with Crippen LogP contribution >= 0.6 is 0 Å². The lowest BCUT2D eigenvalue weighted by Gasteiger charge is -2.24. The van der Waals surface area contributed by atoms with Crippen LogP contribution in [-0.2, 0) is 14.4 Å². The zero-order valence-corrected chi connectivity index (χ0v) is 16.4. The number of amides is 2. The molecule has 2 fully saturated rings. The highest BCUT2D eigenvalue weighted by molar-refractivity contribution is 5.81. The van der Waals surface area contributed by atoms with Crippen LogP contribution in [0.3, 0.4) is 0 Å². The van der Waals surface area contributed by atoms with E-state index >= 15 is 0 Å². The SMILES string of the molecule is CCOc1ccccc1C(CC(=O)N1C[C@H](C(=O)O)[C@@H](C2CC2)C1)NC(C)=O. The molecule has 1 aromatic carbocycles. The van der Waals surface area contributed by atoms with Gasteiger partial charge in [0.05, 0.1) is 25.0 Å². The average Bonchev–Trinajstić information content (AvgIpc) is 3.39. The molecule has 2 amide bonds. The molecule has 7 heteroatoms. The number of aliphatic carboxylic acids is 1. The summed E-state index contributed by atoms with van der Waals surface area (Å²) in [5, 5.41) is 12.4. The van der Waals surface area contributed by atoms with Gasteiger partial charge in [0.2, 0.25) is 11.8 Å². The zero-order valence-electron chi connectivity index (χ0n) is 16.4. The third-order valence-corrected chi connectivity index (χ3v) is 5.61. The van der Waals surface area contributed by atoms with Gasteiger partial charge in [0.1, 0.15) is 5.75 Å². The molecule has 0 bridgehead atoms. The van der Waals surface area contributed by atoms with Gasteiger partial charge in [-0.05, 0) is 37.7 Å². The summed E-state index contributed by atoms with van der Waals surface area (Å²) in [5.41, 5.74) is 0.751. The van der Waals surface area contributed by atoms with Gasteiger partial charge in [-0.3, -0.25) is 14.4 Å². The van der Waals surface area contributed by atoms with Crippen LogP contribution in [0.2, 0.25) is 0 Å². The van der Waals surface area contributed by atoms with Gasteiger partial charge >= 0.3 is 5.97 Å². The van der Waals surface area contributed by atoms with Crippen molar-refractivity contribution in [3.63, 3.8) is 0 Å². The number of benzene rings is 1. The summed E-state index contributed by atoms with van der Waals surface area (Å²) in [4.78, 5) is 38.0. The fourth-order valence-corrected chi connectivity index (χ4v) is 4.14. The third-order valence-electron chi connectivity index (χ3n) is 5.61. The van der Waals surface area contributed by atoms with Crippen LogP contribution in [0.15, 0.2) is 24.3 Å². The van der Waals surface area contributed by atoms with E-state index in [1.54, 1.807) is 4.90 Å². The Morgan fingerprint density at radius 3 is 2.57 bits per heavy atom. The maximum Gasteiger partial charge on any atom is 0.308 e. The first-order valence-corrected chi connectivity index (χ1v) is 9.90. The first-order chi connectivity index (χ1) is 13.4. The lowest BCUT2D eigenvalue weighted by molar-refractivity contribution is -0.142. The molecular weight excluding hydrogens is 360 g/mol. The maximum atomic E-state index is 13.0. The predicted molar refractivity (Wildman–Crippen MR) is 103 cm³/mol. The van der Waals surface area contributed by atoms with Crippen LogP contribution < -0.4 is 10.1 Å². The Morgan fingerprint density at radius 1 is 1.25 bits per heavy atom. The Labute approximate surface area is 165 Å². The van der Waals surface area contributed by atoms with Crippen LogP contribution in [0.4, 0.5) is 0 Å². The first-order valence-electron chi connectivity index (χ1n) is 9.90. The number of nitrogens with zero attached hydrogens (tertiary/aromatic N) is 1. The summed E-state index contributed by atoms with van der Waals surface area (Å²) in [6.07, 6.45) is 2.17. The van der Waals surface area contributed by atoms with Gasteiger partial charge in [0.25, 0.3) is 0 Å². The minimum absolute atomic E-state index is 0.0383. The van der Waals surface area contributed by atoms with Crippen molar-refractivity contribution in [1.82, 2.24) is 10.2 Å². The van der Waals surface area contributed by atoms with Gasteiger partial charge in [0.15, 0.2) is 0 Å². The fourth-order valence-electron chi connectivity index (χ4n) is 4.14. The molecule has 1 unspecified atom stereocenters. The van der Waals surface area contributed by atoms with Crippen LogP contribution in [-0.4, -0.2) is 47.5 Å². The number of ether oxygens (including phenoxy) is 1. The molecular formula is C21H28N2O5. The Hall–Kier alpha value is -2.57. The van der Waals surface area contributed by atoms with Crippen molar-refractivity contribution in [3.05, 3.63) is 29.8 Å². The number of hydrogen-bond acceptors (Lipinski definition) is 4. The van der Waals surface area contributed by atoms with Crippen molar-refractivity contribution < 1.29 is 24.2 Å². The Bertz CT molecular complexity index is 746. The Morgan fingerprint density at radius 2 is 1.96 bits per heavy atom. The van der Waals surface area contributed by atoms with Gasteiger partial charge in [-0.15, -0.1) is 0 Å². The summed E-state index contributed by atoms with van der Waals surface area (Å²) in [6.45, 7) is 4.51. The topological polar surface area (TPSA) is 95.9 Å². The van der Waals surface area contributed by atoms with E-state index in [1.807, 2.05) is 31.2 Å². The molecule has 2 N–H and O–H groups in total. The highest BCUT2D eigenvalue weighted by atomic mass is 16.5. The zero-order chi connectivity index (χ0) is 20.3. The van der Waals surface area contributed by atoms with Crippen molar-refractivity contribution in [2.45, 2.75) is 39.2 Å². The number of para-hydroxylation sites is 1. The Kier molecular flexibility index (Phi) is 6.21. The van der Waals surface area contributed by atoms with Gasteiger partial charge < -0.3 is 20.1 Å². The second-order valence-corrected chi connectivity index (χ2v) is 7.67. The molecule has 0 aromatic heterocycles. The quantitative estimate of drug-likeness (QED) is 0.712. The van der Waals surface area contributed by atoms with Crippen molar-refractivity contribution >= 4 is 17.8 Å². The first kappa shape index (κ1) is 20.2. The van der Waals surface area contributed by atoms with E-state index in [0.29, 0.717) is 24.8 Å². The van der Waals surface area contributed by atoms with Crippen LogP contribution in [0.5, 0.6) is 5.75 Å². The van der Waals surface area contributed by atoms with Crippen LogP contribution in [0.25, 0.3) is 0 Å². The van der Waals surface area contributed by atoms with E-state index in [0.717, 1.165) is 18.4 Å². The Balaban J connectivity index is 1.75. The van der Waals surface area contributed by atoms with Crippen molar-refractivity contribution in [2.75, 3.05) is 19.7 Å². The molecule has 1 aromatic rings. The van der Waals surface area contributed by atoms with Crippen molar-refractivity contribution in [1.29, 1.82) is 0 Å². The molecule has 1 aliphatic carbocycles. The van der Waals surface area contributed by atoms with Crippen LogP contribution in [0.1, 0.15) is 44.7 Å². The van der Waals surface area contributed by atoms with E-state index in [4.69, 9.17) is 4.74 Å². The molecule has 7 nitrogen and oxygen atoms in total. The molecule has 1 aliphatic heterocycles. The normalized spacial score (nSPS) is 22.6. The predicted octanol–water partition coefficient (Wildman–Crippen LogP) is 2.22. The molecule has 0 spiro atoms. The molecule has 3 atom stereocenters. The minimum Gasteiger partial charge on any atom is -0.494 e. The molecule has 1 saturated carbocycles. The molecule has 28 heavy (non-hydrogen) atoms. The second kappa shape index (κ2) is 8.63. The summed E-state index contributed by atoms with van der Waals surface area (Å²) < 4.78 is 5.66. The number of rotatable bonds is 8. The number of carboxylic acids is 1. The van der Waals surface area contributed by atoms with Crippen molar-refractivity contribution in [2.24, 2.45) is 17.8 Å². The molecule has 2 aliphatic rings. The maximum absolute atomic E-state index is 13.0.